The van der Waals surface area contributed by atoms with Crippen molar-refractivity contribution in [2.24, 2.45) is 0 Å². The number of nitrogens with one attached hydrogen (secondary N) is 1. The van der Waals surface area contributed by atoms with E-state index in [0.29, 0.717) is 18.8 Å². The lowest BCUT2D eigenvalue weighted by molar-refractivity contribution is -0.119. The van der Waals surface area contributed by atoms with Crippen molar-refractivity contribution in [2.45, 2.75) is 44.4 Å². The van der Waals surface area contributed by atoms with E-state index >= 15 is 0 Å². The first kappa shape index (κ1) is 23.0. The number of anilines is 1. The number of aryl methyl sites for hydroxylation is 2. The molecule has 0 radical (unpaired) electrons. The largest absolute Gasteiger partial charge is 0.452 e. The summed E-state index contributed by atoms with van der Waals surface area (Å²) in [5.74, 6) is -1.21. The summed E-state index contributed by atoms with van der Waals surface area (Å²) in [5, 5.41) is 2.70. The Hall–Kier alpha value is -2.71. The molecule has 8 heteroatoms. The topological polar surface area (TPSA) is 92.8 Å². The molecule has 0 atom stereocenters. The van der Waals surface area contributed by atoms with Crippen LogP contribution in [-0.4, -0.2) is 44.3 Å². The zero-order chi connectivity index (χ0) is 22.4. The fourth-order valence-corrected chi connectivity index (χ4v) is 5.24. The zero-order valence-corrected chi connectivity index (χ0v) is 18.7. The molecular weight excluding hydrogens is 416 g/mol. The molecule has 1 N–H and O–H groups in total. The molecule has 2 aromatic carbocycles. The van der Waals surface area contributed by atoms with Crippen LogP contribution in [0.25, 0.3) is 0 Å². The molecule has 1 aliphatic heterocycles. The number of rotatable bonds is 6. The summed E-state index contributed by atoms with van der Waals surface area (Å²) >= 11 is 0. The number of benzene rings is 2. The Labute approximate surface area is 183 Å². The van der Waals surface area contributed by atoms with E-state index in [0.717, 1.165) is 36.8 Å². The predicted octanol–water partition coefficient (Wildman–Crippen LogP) is 3.66. The quantitative estimate of drug-likeness (QED) is 0.687. The number of sulfonamides is 1. The van der Waals surface area contributed by atoms with Crippen LogP contribution in [0.15, 0.2) is 47.4 Å². The van der Waals surface area contributed by atoms with Gasteiger partial charge in [0, 0.05) is 18.8 Å². The van der Waals surface area contributed by atoms with Gasteiger partial charge in [0.05, 0.1) is 10.5 Å². The van der Waals surface area contributed by atoms with Gasteiger partial charge in [0.1, 0.15) is 0 Å². The predicted molar refractivity (Wildman–Crippen MR) is 118 cm³/mol. The van der Waals surface area contributed by atoms with E-state index in [-0.39, 0.29) is 10.5 Å². The smallest absolute Gasteiger partial charge is 0.338 e. The number of carbonyl (C=O) groups is 2. The molecule has 0 aliphatic carbocycles. The summed E-state index contributed by atoms with van der Waals surface area (Å²) in [4.78, 5) is 24.6. The van der Waals surface area contributed by atoms with E-state index in [9.17, 15) is 18.0 Å². The number of carbonyl (C=O) groups excluding carboxylic acids is 2. The van der Waals surface area contributed by atoms with Crippen LogP contribution in [-0.2, 0) is 19.6 Å². The fourth-order valence-electron chi connectivity index (χ4n) is 3.67. The van der Waals surface area contributed by atoms with E-state index < -0.39 is 28.5 Å². The van der Waals surface area contributed by atoms with Gasteiger partial charge in [-0.15, -0.1) is 0 Å². The van der Waals surface area contributed by atoms with Crippen LogP contribution in [0.1, 0.15) is 47.2 Å². The Balaban J connectivity index is 1.63. The number of hydrogen-bond acceptors (Lipinski definition) is 5. The van der Waals surface area contributed by atoms with Crippen LogP contribution < -0.4 is 5.32 Å². The molecular formula is C23H28N2O5S. The van der Waals surface area contributed by atoms with Crippen LogP contribution in [0.2, 0.25) is 0 Å². The first-order valence-electron chi connectivity index (χ1n) is 10.4. The molecule has 0 unspecified atom stereocenters. The monoisotopic (exact) mass is 444 g/mol. The van der Waals surface area contributed by atoms with E-state index in [1.165, 1.54) is 28.6 Å². The minimum Gasteiger partial charge on any atom is -0.452 e. The highest BCUT2D eigenvalue weighted by Crippen LogP contribution is 2.21. The van der Waals surface area contributed by atoms with Crippen LogP contribution in [0.4, 0.5) is 5.69 Å². The van der Waals surface area contributed by atoms with E-state index in [2.05, 4.69) is 5.32 Å². The SMILES string of the molecule is Cc1cc(C)cc(NC(=O)COC(=O)c2cccc(S(=O)(=O)N3CCCCCC3)c2)c1. The van der Waals surface area contributed by atoms with Crippen molar-refractivity contribution in [1.82, 2.24) is 4.31 Å². The highest BCUT2D eigenvalue weighted by molar-refractivity contribution is 7.89. The van der Waals surface area contributed by atoms with E-state index in [1.807, 2.05) is 32.0 Å². The lowest BCUT2D eigenvalue weighted by Crippen LogP contribution is -2.32. The molecule has 0 saturated carbocycles. The molecule has 1 fully saturated rings. The second kappa shape index (κ2) is 10.1. The van der Waals surface area contributed by atoms with Crippen molar-refractivity contribution < 1.29 is 22.7 Å². The Bertz CT molecular complexity index is 1040. The molecule has 1 heterocycles. The Morgan fingerprint density at radius 3 is 2.26 bits per heavy atom. The molecule has 1 amide bonds. The van der Waals surface area contributed by atoms with Gasteiger partial charge in [-0.3, -0.25) is 4.79 Å². The van der Waals surface area contributed by atoms with Gasteiger partial charge in [0.25, 0.3) is 5.91 Å². The van der Waals surface area contributed by atoms with Crippen molar-refractivity contribution in [3.63, 3.8) is 0 Å². The molecule has 3 rings (SSSR count). The molecule has 0 aromatic heterocycles. The molecule has 166 valence electrons. The van der Waals surface area contributed by atoms with Gasteiger partial charge in [-0.1, -0.05) is 25.0 Å². The first-order chi connectivity index (χ1) is 14.8. The third-order valence-electron chi connectivity index (χ3n) is 5.11. The number of hydrogen-bond donors (Lipinski definition) is 1. The van der Waals surface area contributed by atoms with Crippen LogP contribution in [0.3, 0.4) is 0 Å². The number of ether oxygens (including phenoxy) is 1. The van der Waals surface area contributed by atoms with Gasteiger partial charge < -0.3 is 10.1 Å². The van der Waals surface area contributed by atoms with Crippen molar-refractivity contribution in [2.75, 3.05) is 25.0 Å². The third kappa shape index (κ3) is 6.15. The minimum atomic E-state index is -3.68. The minimum absolute atomic E-state index is 0.0588. The zero-order valence-electron chi connectivity index (χ0n) is 17.9. The van der Waals surface area contributed by atoms with Gasteiger partial charge in [0.15, 0.2) is 6.61 Å². The van der Waals surface area contributed by atoms with Crippen LogP contribution in [0.5, 0.6) is 0 Å². The molecule has 2 aromatic rings. The number of amides is 1. The first-order valence-corrected chi connectivity index (χ1v) is 11.9. The third-order valence-corrected chi connectivity index (χ3v) is 7.01. The fraction of sp³-hybridized carbons (Fsp3) is 0.391. The number of nitrogens with zero attached hydrogens (tertiary/aromatic N) is 1. The molecule has 31 heavy (non-hydrogen) atoms. The maximum atomic E-state index is 12.9. The lowest BCUT2D eigenvalue weighted by atomic mass is 10.1. The summed E-state index contributed by atoms with van der Waals surface area (Å²) < 4.78 is 32.5. The van der Waals surface area contributed by atoms with Crippen LogP contribution in [0, 0.1) is 13.8 Å². The second-order valence-electron chi connectivity index (χ2n) is 7.85. The highest BCUT2D eigenvalue weighted by Gasteiger charge is 2.26. The lowest BCUT2D eigenvalue weighted by Gasteiger charge is -2.20. The molecule has 7 nitrogen and oxygen atoms in total. The Morgan fingerprint density at radius 2 is 1.61 bits per heavy atom. The van der Waals surface area contributed by atoms with Gasteiger partial charge in [-0.2, -0.15) is 4.31 Å². The van der Waals surface area contributed by atoms with Crippen molar-refractivity contribution in [3.8, 4) is 0 Å². The normalized spacial score (nSPS) is 15.2. The molecule has 1 aliphatic rings. The van der Waals surface area contributed by atoms with Gasteiger partial charge in [0.2, 0.25) is 10.0 Å². The van der Waals surface area contributed by atoms with Crippen molar-refractivity contribution >= 4 is 27.6 Å². The van der Waals surface area contributed by atoms with Gasteiger partial charge in [-0.05, 0) is 68.1 Å². The van der Waals surface area contributed by atoms with Crippen molar-refractivity contribution in [3.05, 3.63) is 59.2 Å². The molecule has 0 spiro atoms. The van der Waals surface area contributed by atoms with Crippen molar-refractivity contribution in [1.29, 1.82) is 0 Å². The van der Waals surface area contributed by atoms with Gasteiger partial charge >= 0.3 is 5.97 Å². The highest BCUT2D eigenvalue weighted by atomic mass is 32.2. The standard InChI is InChI=1S/C23H28N2O5S/c1-17-12-18(2)14-20(13-17)24-22(26)16-30-23(27)19-8-7-9-21(15-19)31(28,29)25-10-5-3-4-6-11-25/h7-9,12-15H,3-6,10-11,16H2,1-2H3,(H,24,26). The summed E-state index contributed by atoms with van der Waals surface area (Å²) in [7, 11) is -3.68. The second-order valence-corrected chi connectivity index (χ2v) is 9.78. The Kier molecular flexibility index (Phi) is 7.46. The summed E-state index contributed by atoms with van der Waals surface area (Å²) in [5.41, 5.74) is 2.74. The summed E-state index contributed by atoms with van der Waals surface area (Å²) in [6.45, 7) is 4.35. The summed E-state index contributed by atoms with van der Waals surface area (Å²) in [6.07, 6.45) is 3.69. The average molecular weight is 445 g/mol. The summed E-state index contributed by atoms with van der Waals surface area (Å²) in [6, 6.07) is 11.4. The Morgan fingerprint density at radius 1 is 0.968 bits per heavy atom. The maximum Gasteiger partial charge on any atom is 0.338 e. The van der Waals surface area contributed by atoms with E-state index in [1.54, 1.807) is 0 Å². The number of esters is 1. The maximum absolute atomic E-state index is 12.9. The molecule has 0 bridgehead atoms. The van der Waals surface area contributed by atoms with Crippen LogP contribution >= 0.6 is 0 Å². The van der Waals surface area contributed by atoms with E-state index in [4.69, 9.17) is 4.74 Å². The average Bonchev–Trinajstić information content (AvgIpc) is 3.01. The molecule has 1 saturated heterocycles. The van der Waals surface area contributed by atoms with Gasteiger partial charge in [-0.25, -0.2) is 13.2 Å².